The van der Waals surface area contributed by atoms with Gasteiger partial charge in [0.25, 0.3) is 5.56 Å². The lowest BCUT2D eigenvalue weighted by Crippen LogP contribution is -2.15. The zero-order chi connectivity index (χ0) is 13.4. The molecule has 0 fully saturated rings. The van der Waals surface area contributed by atoms with Crippen LogP contribution < -0.4 is 5.56 Å². The predicted octanol–water partition coefficient (Wildman–Crippen LogP) is 1.02. The quantitative estimate of drug-likeness (QED) is 0.837. The maximum Gasteiger partial charge on any atom is 0.337 e. The summed E-state index contributed by atoms with van der Waals surface area (Å²) in [4.78, 5) is 33.7. The van der Waals surface area contributed by atoms with Crippen LogP contribution in [0.15, 0.2) is 23.1 Å². The van der Waals surface area contributed by atoms with Crippen LogP contribution in [0.4, 0.5) is 0 Å². The fourth-order valence-electron chi connectivity index (χ4n) is 2.22. The van der Waals surface area contributed by atoms with E-state index in [0.717, 1.165) is 30.5 Å². The van der Waals surface area contributed by atoms with E-state index in [0.29, 0.717) is 11.5 Å². The summed E-state index contributed by atoms with van der Waals surface area (Å²) in [5, 5.41) is 8.80. The first kappa shape index (κ1) is 11.6. The monoisotopic (exact) mass is 257 g/mol. The minimum atomic E-state index is -1.03. The molecule has 0 saturated carbocycles. The molecule has 1 aliphatic rings. The van der Waals surface area contributed by atoms with Crippen molar-refractivity contribution in [2.75, 3.05) is 0 Å². The molecule has 0 unspecified atom stereocenters. The lowest BCUT2D eigenvalue weighted by atomic mass is 10.2. The molecule has 2 N–H and O–H groups in total. The molecule has 96 valence electrons. The van der Waals surface area contributed by atoms with Crippen LogP contribution in [0.25, 0.3) is 11.5 Å². The van der Waals surface area contributed by atoms with Crippen LogP contribution in [0.3, 0.4) is 0 Å². The molecule has 0 saturated heterocycles. The van der Waals surface area contributed by atoms with Crippen LogP contribution in [0, 0.1) is 0 Å². The second kappa shape index (κ2) is 4.31. The minimum absolute atomic E-state index is 0.104. The van der Waals surface area contributed by atoms with E-state index < -0.39 is 5.97 Å². The van der Waals surface area contributed by atoms with E-state index in [-0.39, 0.29) is 11.1 Å². The van der Waals surface area contributed by atoms with E-state index in [4.69, 9.17) is 5.11 Å². The van der Waals surface area contributed by atoms with E-state index in [2.05, 4.69) is 15.0 Å². The molecule has 0 radical (unpaired) electrons. The van der Waals surface area contributed by atoms with Crippen LogP contribution in [0.1, 0.15) is 28.0 Å². The molecule has 19 heavy (non-hydrogen) atoms. The lowest BCUT2D eigenvalue weighted by molar-refractivity contribution is 0.0696. The number of aryl methyl sites for hydroxylation is 1. The Kier molecular flexibility index (Phi) is 2.63. The lowest BCUT2D eigenvalue weighted by Gasteiger charge is -2.03. The van der Waals surface area contributed by atoms with Crippen molar-refractivity contribution in [3.63, 3.8) is 0 Å². The molecule has 6 nitrogen and oxygen atoms in total. The van der Waals surface area contributed by atoms with E-state index >= 15 is 0 Å². The maximum absolute atomic E-state index is 11.9. The van der Waals surface area contributed by atoms with Gasteiger partial charge in [-0.2, -0.15) is 0 Å². The summed E-state index contributed by atoms with van der Waals surface area (Å²) >= 11 is 0. The van der Waals surface area contributed by atoms with Crippen LogP contribution in [0.2, 0.25) is 0 Å². The molecule has 0 bridgehead atoms. The zero-order valence-corrected chi connectivity index (χ0v) is 10.0. The van der Waals surface area contributed by atoms with Gasteiger partial charge in [-0.1, -0.05) is 0 Å². The summed E-state index contributed by atoms with van der Waals surface area (Å²) in [7, 11) is 0. The Balaban J connectivity index is 2.05. The third-order valence-corrected chi connectivity index (χ3v) is 3.19. The number of H-pyrrole nitrogens is 1. The highest BCUT2D eigenvalue weighted by atomic mass is 16.4. The number of aromatic amines is 1. The molecule has 0 atom stereocenters. The van der Waals surface area contributed by atoms with Crippen LogP contribution in [-0.2, 0) is 12.8 Å². The molecule has 0 amide bonds. The Morgan fingerprint density at radius 2 is 2.16 bits per heavy atom. The summed E-state index contributed by atoms with van der Waals surface area (Å²) in [6, 6.07) is 2.99. The topological polar surface area (TPSA) is 95.9 Å². The summed E-state index contributed by atoms with van der Waals surface area (Å²) < 4.78 is 0. The second-order valence-electron chi connectivity index (χ2n) is 4.43. The molecule has 0 aliphatic heterocycles. The van der Waals surface area contributed by atoms with Gasteiger partial charge in [0.15, 0.2) is 5.82 Å². The average molecular weight is 257 g/mol. The van der Waals surface area contributed by atoms with E-state index in [1.807, 2.05) is 0 Å². The molecule has 0 aromatic carbocycles. The molecule has 6 heteroatoms. The first-order valence-electron chi connectivity index (χ1n) is 5.97. The standard InChI is InChI=1S/C13H11N3O3/c17-12-8-2-1-3-9(8)15-11(16-12)10-5-4-7(6-14-10)13(18)19/h4-6H,1-3H2,(H,18,19)(H,15,16,17). The Morgan fingerprint density at radius 3 is 2.84 bits per heavy atom. The van der Waals surface area contributed by atoms with Crippen LogP contribution >= 0.6 is 0 Å². The molecule has 1 aliphatic carbocycles. The largest absolute Gasteiger partial charge is 0.478 e. The second-order valence-corrected chi connectivity index (χ2v) is 4.43. The molecule has 3 rings (SSSR count). The van der Waals surface area contributed by atoms with Crippen molar-refractivity contribution in [1.29, 1.82) is 0 Å². The number of nitrogens with one attached hydrogen (secondary N) is 1. The summed E-state index contributed by atoms with van der Waals surface area (Å²) in [6.45, 7) is 0. The van der Waals surface area contributed by atoms with Gasteiger partial charge in [-0.25, -0.2) is 9.78 Å². The highest BCUT2D eigenvalue weighted by Gasteiger charge is 2.18. The first-order valence-corrected chi connectivity index (χ1v) is 5.97. The van der Waals surface area contributed by atoms with Gasteiger partial charge in [0.2, 0.25) is 0 Å². The molecule has 0 spiro atoms. The van der Waals surface area contributed by atoms with Crippen LogP contribution in [-0.4, -0.2) is 26.0 Å². The van der Waals surface area contributed by atoms with Gasteiger partial charge in [-0.3, -0.25) is 9.78 Å². The third-order valence-electron chi connectivity index (χ3n) is 3.19. The number of carboxylic acids is 1. The number of carboxylic acid groups (broad SMARTS) is 1. The average Bonchev–Trinajstić information content (AvgIpc) is 2.87. The SMILES string of the molecule is O=C(O)c1ccc(-c2nc3c(c(=O)[nH]2)CCC3)nc1. The van der Waals surface area contributed by atoms with Crippen molar-refractivity contribution in [2.45, 2.75) is 19.3 Å². The van der Waals surface area contributed by atoms with Crippen molar-refractivity contribution in [3.8, 4) is 11.5 Å². The number of pyridine rings is 1. The van der Waals surface area contributed by atoms with Gasteiger partial charge < -0.3 is 10.1 Å². The number of nitrogens with zero attached hydrogens (tertiary/aromatic N) is 2. The van der Waals surface area contributed by atoms with Gasteiger partial charge in [-0.05, 0) is 31.4 Å². The predicted molar refractivity (Wildman–Crippen MR) is 67.1 cm³/mol. The fraction of sp³-hybridized carbons (Fsp3) is 0.231. The normalized spacial score (nSPS) is 13.3. The van der Waals surface area contributed by atoms with Crippen molar-refractivity contribution >= 4 is 5.97 Å². The van der Waals surface area contributed by atoms with Crippen molar-refractivity contribution < 1.29 is 9.90 Å². The number of hydrogen-bond donors (Lipinski definition) is 2. The van der Waals surface area contributed by atoms with E-state index in [1.54, 1.807) is 6.07 Å². The Labute approximate surface area is 108 Å². The molecule has 2 aromatic rings. The Bertz CT molecular complexity index is 704. The van der Waals surface area contributed by atoms with E-state index in [1.165, 1.54) is 12.3 Å². The van der Waals surface area contributed by atoms with Crippen LogP contribution in [0.5, 0.6) is 0 Å². The van der Waals surface area contributed by atoms with Crippen molar-refractivity contribution in [1.82, 2.24) is 15.0 Å². The highest BCUT2D eigenvalue weighted by molar-refractivity contribution is 5.87. The fourth-order valence-corrected chi connectivity index (χ4v) is 2.22. The molecule has 2 aromatic heterocycles. The minimum Gasteiger partial charge on any atom is -0.478 e. The van der Waals surface area contributed by atoms with Crippen molar-refractivity contribution in [2.24, 2.45) is 0 Å². The number of carbonyl (C=O) groups is 1. The number of rotatable bonds is 2. The third kappa shape index (κ3) is 2.01. The van der Waals surface area contributed by atoms with Gasteiger partial charge in [-0.15, -0.1) is 0 Å². The van der Waals surface area contributed by atoms with Crippen molar-refractivity contribution in [3.05, 3.63) is 45.5 Å². The molecular weight excluding hydrogens is 246 g/mol. The number of fused-ring (bicyclic) bond motifs is 1. The zero-order valence-electron chi connectivity index (χ0n) is 10.0. The number of hydrogen-bond acceptors (Lipinski definition) is 4. The van der Waals surface area contributed by atoms with Gasteiger partial charge in [0, 0.05) is 11.8 Å². The Hall–Kier alpha value is -2.50. The smallest absolute Gasteiger partial charge is 0.337 e. The van der Waals surface area contributed by atoms with Gasteiger partial charge >= 0.3 is 5.97 Å². The van der Waals surface area contributed by atoms with Gasteiger partial charge in [0.1, 0.15) is 5.69 Å². The number of aromatic nitrogens is 3. The van der Waals surface area contributed by atoms with Gasteiger partial charge in [0.05, 0.1) is 11.3 Å². The first-order chi connectivity index (χ1) is 9.15. The molecular formula is C13H11N3O3. The summed E-state index contributed by atoms with van der Waals surface area (Å²) in [5.41, 5.74) is 2.03. The Morgan fingerprint density at radius 1 is 1.32 bits per heavy atom. The summed E-state index contributed by atoms with van der Waals surface area (Å²) in [5.74, 6) is -0.642. The van der Waals surface area contributed by atoms with E-state index in [9.17, 15) is 9.59 Å². The highest BCUT2D eigenvalue weighted by Crippen LogP contribution is 2.19. The maximum atomic E-state index is 11.9. The number of aromatic carboxylic acids is 1. The molecule has 2 heterocycles. The summed E-state index contributed by atoms with van der Waals surface area (Å²) in [6.07, 6.45) is 3.77.